The highest BCUT2D eigenvalue weighted by atomic mass is 32.2. The molecule has 0 radical (unpaired) electrons. The molecule has 1 aromatic carbocycles. The van der Waals surface area contributed by atoms with Gasteiger partial charge in [0, 0.05) is 11.4 Å². The quantitative estimate of drug-likeness (QED) is 0.626. The largest absolute Gasteiger partial charge is 0.549 e. The zero-order chi connectivity index (χ0) is 13.8. The number of carbonyl (C=O) groups excluding carboxylic acids is 1. The molecular weight excluding hydrogens is 260 g/mol. The predicted molar refractivity (Wildman–Crippen MR) is 71.6 cm³/mol. The van der Waals surface area contributed by atoms with E-state index >= 15 is 0 Å². The fourth-order valence-electron chi connectivity index (χ4n) is 1.73. The molecule has 5 heteroatoms. The van der Waals surface area contributed by atoms with E-state index < -0.39 is 11.2 Å². The summed E-state index contributed by atoms with van der Waals surface area (Å²) in [5.74, 6) is -1.14. The average Bonchev–Trinajstić information content (AvgIpc) is 2.35. The third-order valence-corrected chi connectivity index (χ3v) is 3.60. The van der Waals surface area contributed by atoms with Crippen molar-refractivity contribution in [2.75, 3.05) is 0 Å². The Morgan fingerprint density at radius 2 is 1.74 bits per heavy atom. The molecule has 0 saturated heterocycles. The van der Waals surface area contributed by atoms with E-state index in [1.54, 1.807) is 24.3 Å². The molecule has 1 atom stereocenters. The van der Waals surface area contributed by atoms with E-state index in [1.807, 2.05) is 26.0 Å². The summed E-state index contributed by atoms with van der Waals surface area (Å²) in [6.45, 7) is 3.71. The maximum atomic E-state index is 11.3. The number of hydrogen-bond acceptors (Lipinski definition) is 5. The lowest BCUT2D eigenvalue weighted by molar-refractivity contribution is -0.305. The van der Waals surface area contributed by atoms with Crippen LogP contribution in [-0.4, -0.2) is 15.9 Å². The molecule has 0 aliphatic heterocycles. The zero-order valence-corrected chi connectivity index (χ0v) is 11.5. The maximum Gasteiger partial charge on any atom is 0.188 e. The second kappa shape index (κ2) is 5.84. The van der Waals surface area contributed by atoms with Gasteiger partial charge in [0.2, 0.25) is 0 Å². The number of aliphatic carboxylic acids is 1. The van der Waals surface area contributed by atoms with Gasteiger partial charge < -0.3 is 9.90 Å². The number of aryl methyl sites for hydroxylation is 2. The van der Waals surface area contributed by atoms with Gasteiger partial charge in [-0.2, -0.15) is 0 Å². The van der Waals surface area contributed by atoms with Crippen molar-refractivity contribution in [3.8, 4) is 0 Å². The Bertz CT molecular complexity index is 567. The van der Waals surface area contributed by atoms with E-state index in [0.717, 1.165) is 23.1 Å². The van der Waals surface area contributed by atoms with Gasteiger partial charge in [0.05, 0.1) is 11.2 Å². The summed E-state index contributed by atoms with van der Waals surface area (Å²) in [6, 6.07) is 10.8. The lowest BCUT2D eigenvalue weighted by atomic mass is 10.1. The van der Waals surface area contributed by atoms with Crippen LogP contribution >= 0.6 is 11.8 Å². The van der Waals surface area contributed by atoms with Crippen LogP contribution in [0.3, 0.4) is 0 Å². The zero-order valence-electron chi connectivity index (χ0n) is 10.7. The van der Waals surface area contributed by atoms with Crippen LogP contribution in [0.15, 0.2) is 41.6 Å². The summed E-state index contributed by atoms with van der Waals surface area (Å²) in [5, 5.41) is 10.9. The van der Waals surface area contributed by atoms with Gasteiger partial charge in [0.15, 0.2) is 5.16 Å². The fraction of sp³-hybridized carbons (Fsp3) is 0.214. The Hall–Kier alpha value is -1.88. The smallest absolute Gasteiger partial charge is 0.188 e. The number of benzene rings is 1. The minimum atomic E-state index is -1.14. The Labute approximate surface area is 115 Å². The molecule has 1 aromatic heterocycles. The standard InChI is InChI=1S/C14H14N2O2S/c1-9-8-10(2)16-14(15-9)19-12(13(17)18)11-6-4-3-5-7-11/h3-8,12H,1-2H3,(H,17,18)/p-1/t12-/m1/s1. The van der Waals surface area contributed by atoms with E-state index in [-0.39, 0.29) is 0 Å². The molecule has 0 bridgehead atoms. The van der Waals surface area contributed by atoms with Crippen molar-refractivity contribution < 1.29 is 9.90 Å². The highest BCUT2D eigenvalue weighted by Crippen LogP contribution is 2.32. The first-order valence-electron chi connectivity index (χ1n) is 5.81. The van der Waals surface area contributed by atoms with Gasteiger partial charge in [0.1, 0.15) is 0 Å². The molecule has 0 aliphatic carbocycles. The first-order valence-corrected chi connectivity index (χ1v) is 6.69. The van der Waals surface area contributed by atoms with Gasteiger partial charge in [-0.3, -0.25) is 0 Å². The van der Waals surface area contributed by atoms with Crippen LogP contribution in [0.5, 0.6) is 0 Å². The number of carboxylic acid groups (broad SMARTS) is 1. The first-order chi connectivity index (χ1) is 9.06. The summed E-state index contributed by atoms with van der Waals surface area (Å²) < 4.78 is 0. The number of hydrogen-bond donors (Lipinski definition) is 0. The summed E-state index contributed by atoms with van der Waals surface area (Å²) >= 11 is 1.09. The van der Waals surface area contributed by atoms with Gasteiger partial charge in [0.25, 0.3) is 0 Å². The van der Waals surface area contributed by atoms with Crippen molar-refractivity contribution in [2.24, 2.45) is 0 Å². The van der Waals surface area contributed by atoms with Crippen LogP contribution in [0.4, 0.5) is 0 Å². The van der Waals surface area contributed by atoms with Gasteiger partial charge in [-0.25, -0.2) is 9.97 Å². The van der Waals surface area contributed by atoms with E-state index in [1.165, 1.54) is 0 Å². The number of rotatable bonds is 4. The van der Waals surface area contributed by atoms with Crippen LogP contribution in [0, 0.1) is 13.8 Å². The van der Waals surface area contributed by atoms with Crippen molar-refractivity contribution in [1.82, 2.24) is 9.97 Å². The Balaban J connectivity index is 2.29. The Kier molecular flexibility index (Phi) is 4.16. The third kappa shape index (κ3) is 3.54. The van der Waals surface area contributed by atoms with Crippen LogP contribution in [0.2, 0.25) is 0 Å². The molecule has 0 aliphatic rings. The maximum absolute atomic E-state index is 11.3. The lowest BCUT2D eigenvalue weighted by Crippen LogP contribution is -2.28. The molecule has 1 heterocycles. The summed E-state index contributed by atoms with van der Waals surface area (Å²) in [6.07, 6.45) is 0. The average molecular weight is 273 g/mol. The Morgan fingerprint density at radius 3 is 2.26 bits per heavy atom. The topological polar surface area (TPSA) is 65.9 Å². The molecule has 4 nitrogen and oxygen atoms in total. The van der Waals surface area contributed by atoms with E-state index in [2.05, 4.69) is 9.97 Å². The van der Waals surface area contributed by atoms with Crippen LogP contribution in [0.1, 0.15) is 22.2 Å². The van der Waals surface area contributed by atoms with Crippen LogP contribution in [-0.2, 0) is 4.79 Å². The van der Waals surface area contributed by atoms with Crippen LogP contribution in [0.25, 0.3) is 0 Å². The minimum absolute atomic E-state index is 0.454. The summed E-state index contributed by atoms with van der Waals surface area (Å²) in [4.78, 5) is 19.8. The van der Waals surface area contributed by atoms with E-state index in [4.69, 9.17) is 0 Å². The molecule has 0 spiro atoms. The predicted octanol–water partition coefficient (Wildman–Crippen LogP) is 1.68. The molecule has 0 fully saturated rings. The monoisotopic (exact) mass is 273 g/mol. The molecule has 19 heavy (non-hydrogen) atoms. The number of carbonyl (C=O) groups is 1. The molecule has 0 amide bonds. The molecule has 0 saturated carbocycles. The molecule has 2 aromatic rings. The molecule has 0 unspecified atom stereocenters. The van der Waals surface area contributed by atoms with Gasteiger partial charge in [-0.1, -0.05) is 42.1 Å². The molecule has 0 N–H and O–H groups in total. The van der Waals surface area contributed by atoms with Crippen molar-refractivity contribution in [3.63, 3.8) is 0 Å². The van der Waals surface area contributed by atoms with E-state index in [0.29, 0.717) is 10.7 Å². The van der Waals surface area contributed by atoms with Crippen molar-refractivity contribution in [3.05, 3.63) is 53.3 Å². The molecular formula is C14H13N2O2S-. The van der Waals surface area contributed by atoms with Crippen molar-refractivity contribution in [2.45, 2.75) is 24.3 Å². The highest BCUT2D eigenvalue weighted by molar-refractivity contribution is 8.00. The first kappa shape index (κ1) is 13.5. The Morgan fingerprint density at radius 1 is 1.16 bits per heavy atom. The summed E-state index contributed by atoms with van der Waals surface area (Å²) in [5.41, 5.74) is 2.32. The second-order valence-corrected chi connectivity index (χ2v) is 5.23. The van der Waals surface area contributed by atoms with Gasteiger partial charge >= 0.3 is 0 Å². The normalized spacial score (nSPS) is 12.1. The number of aromatic nitrogens is 2. The SMILES string of the molecule is Cc1cc(C)nc(S[C@@H](C(=O)[O-])c2ccccc2)n1. The number of thioether (sulfide) groups is 1. The van der Waals surface area contributed by atoms with Crippen molar-refractivity contribution in [1.29, 1.82) is 0 Å². The van der Waals surface area contributed by atoms with Crippen molar-refractivity contribution >= 4 is 17.7 Å². The van der Waals surface area contributed by atoms with Gasteiger partial charge in [-0.05, 0) is 25.5 Å². The fourth-order valence-corrected chi connectivity index (χ4v) is 2.73. The minimum Gasteiger partial charge on any atom is -0.549 e. The van der Waals surface area contributed by atoms with Gasteiger partial charge in [-0.15, -0.1) is 0 Å². The van der Waals surface area contributed by atoms with Crippen LogP contribution < -0.4 is 5.11 Å². The number of carboxylic acids is 1. The highest BCUT2D eigenvalue weighted by Gasteiger charge is 2.16. The lowest BCUT2D eigenvalue weighted by Gasteiger charge is -2.17. The third-order valence-electron chi connectivity index (χ3n) is 2.50. The van der Waals surface area contributed by atoms with E-state index in [9.17, 15) is 9.90 Å². The summed E-state index contributed by atoms with van der Waals surface area (Å²) in [7, 11) is 0. The molecule has 98 valence electrons. The molecule has 2 rings (SSSR count). The number of nitrogens with zero attached hydrogens (tertiary/aromatic N) is 2. The second-order valence-electron chi connectivity index (χ2n) is 4.16.